The SMILES string of the molecule is O=C(NCC1CN(Cc2cccnc2)Cc2ccnn21)N1CCCC1.O=C(O)C(F)(F)F. The summed E-state index contributed by atoms with van der Waals surface area (Å²) in [6.07, 6.45) is 2.69. The third-order valence-electron chi connectivity index (χ3n) is 5.21. The third-order valence-corrected chi connectivity index (χ3v) is 5.21. The van der Waals surface area contributed by atoms with Crippen LogP contribution in [-0.2, 0) is 17.9 Å². The molecule has 2 amide bonds. The van der Waals surface area contributed by atoms with Gasteiger partial charge in [-0.05, 0) is 30.5 Å². The standard InChI is InChI=1S/C18H24N6O.C2HF3O2/c25-18(23-8-1-2-9-23)20-11-17-14-22(12-15-4-3-6-19-10-15)13-16-5-7-21-24(16)17;3-2(4,5)1(6)7/h3-7,10,17H,1-2,8-9,11-14H2,(H,20,25);(H,6,7). The fraction of sp³-hybridized carbons (Fsp3) is 0.500. The third kappa shape index (κ3) is 6.42. The predicted molar refractivity (Wildman–Crippen MR) is 108 cm³/mol. The molecule has 1 unspecified atom stereocenters. The topological polar surface area (TPSA) is 104 Å². The second-order valence-corrected chi connectivity index (χ2v) is 7.63. The fourth-order valence-corrected chi connectivity index (χ4v) is 3.72. The van der Waals surface area contributed by atoms with Crippen LogP contribution in [0.5, 0.6) is 0 Å². The zero-order valence-corrected chi connectivity index (χ0v) is 17.3. The Labute approximate surface area is 182 Å². The number of pyridine rings is 1. The van der Waals surface area contributed by atoms with E-state index in [2.05, 4.69) is 37.1 Å². The molecule has 9 nitrogen and oxygen atoms in total. The lowest BCUT2D eigenvalue weighted by Gasteiger charge is -2.34. The van der Waals surface area contributed by atoms with Gasteiger partial charge in [-0.1, -0.05) is 6.07 Å². The van der Waals surface area contributed by atoms with Gasteiger partial charge in [-0.2, -0.15) is 18.3 Å². The molecule has 0 aliphatic carbocycles. The number of carbonyl (C=O) groups is 2. The minimum atomic E-state index is -5.08. The summed E-state index contributed by atoms with van der Waals surface area (Å²) in [6.45, 7) is 4.94. The summed E-state index contributed by atoms with van der Waals surface area (Å²) in [5, 5.41) is 14.7. The summed E-state index contributed by atoms with van der Waals surface area (Å²) in [4.78, 5) is 29.7. The fourth-order valence-electron chi connectivity index (χ4n) is 3.72. The Morgan fingerprint density at radius 2 is 1.91 bits per heavy atom. The Balaban J connectivity index is 0.000000360. The summed E-state index contributed by atoms with van der Waals surface area (Å²) in [5.41, 5.74) is 2.39. The average Bonchev–Trinajstić information content (AvgIpc) is 3.44. The summed E-state index contributed by atoms with van der Waals surface area (Å²) in [7, 11) is 0. The average molecular weight is 454 g/mol. The van der Waals surface area contributed by atoms with E-state index in [0.29, 0.717) is 6.54 Å². The van der Waals surface area contributed by atoms with Gasteiger partial charge in [0.2, 0.25) is 0 Å². The van der Waals surface area contributed by atoms with Crippen molar-refractivity contribution in [3.63, 3.8) is 0 Å². The molecule has 2 aliphatic heterocycles. The number of aliphatic carboxylic acids is 1. The maximum absolute atomic E-state index is 12.3. The lowest BCUT2D eigenvalue weighted by Crippen LogP contribution is -2.45. The van der Waals surface area contributed by atoms with Crippen molar-refractivity contribution < 1.29 is 27.9 Å². The van der Waals surface area contributed by atoms with E-state index in [0.717, 1.165) is 45.6 Å². The first-order valence-corrected chi connectivity index (χ1v) is 10.2. The van der Waals surface area contributed by atoms with Crippen LogP contribution in [0.15, 0.2) is 36.8 Å². The van der Waals surface area contributed by atoms with E-state index >= 15 is 0 Å². The highest BCUT2D eigenvalue weighted by Crippen LogP contribution is 2.21. The number of likely N-dealkylation sites (tertiary alicyclic amines) is 1. The molecule has 12 heteroatoms. The Kier molecular flexibility index (Phi) is 7.67. The van der Waals surface area contributed by atoms with Gasteiger partial charge in [0.1, 0.15) is 0 Å². The first kappa shape index (κ1) is 23.5. The van der Waals surface area contributed by atoms with Crippen LogP contribution >= 0.6 is 0 Å². The number of carboxylic acid groups (broad SMARTS) is 1. The van der Waals surface area contributed by atoms with Crippen molar-refractivity contribution >= 4 is 12.0 Å². The highest BCUT2D eigenvalue weighted by Gasteiger charge is 2.38. The second kappa shape index (κ2) is 10.4. The number of carboxylic acids is 1. The molecule has 32 heavy (non-hydrogen) atoms. The summed E-state index contributed by atoms with van der Waals surface area (Å²) < 4.78 is 33.8. The summed E-state index contributed by atoms with van der Waals surface area (Å²) >= 11 is 0. The largest absolute Gasteiger partial charge is 0.490 e. The molecule has 2 aromatic heterocycles. The molecule has 0 saturated carbocycles. The number of hydrogen-bond acceptors (Lipinski definition) is 5. The molecule has 0 aromatic carbocycles. The maximum Gasteiger partial charge on any atom is 0.490 e. The Morgan fingerprint density at radius 1 is 1.19 bits per heavy atom. The number of nitrogens with zero attached hydrogens (tertiary/aromatic N) is 5. The minimum absolute atomic E-state index is 0.0515. The number of rotatable bonds is 4. The Morgan fingerprint density at radius 3 is 2.53 bits per heavy atom. The first-order valence-electron chi connectivity index (χ1n) is 10.2. The minimum Gasteiger partial charge on any atom is -0.475 e. The van der Waals surface area contributed by atoms with Crippen molar-refractivity contribution in [1.29, 1.82) is 0 Å². The van der Waals surface area contributed by atoms with E-state index in [9.17, 15) is 18.0 Å². The number of nitrogens with one attached hydrogen (secondary N) is 1. The maximum atomic E-state index is 12.3. The number of alkyl halides is 3. The number of urea groups is 1. The summed E-state index contributed by atoms with van der Waals surface area (Å²) in [6, 6.07) is 6.34. The van der Waals surface area contributed by atoms with Gasteiger partial charge in [-0.3, -0.25) is 14.6 Å². The molecule has 2 aliphatic rings. The van der Waals surface area contributed by atoms with Gasteiger partial charge < -0.3 is 15.3 Å². The molecule has 4 heterocycles. The number of hydrogen-bond donors (Lipinski definition) is 2. The zero-order valence-electron chi connectivity index (χ0n) is 17.3. The van der Waals surface area contributed by atoms with Gasteiger partial charge in [0.05, 0.1) is 11.7 Å². The quantitative estimate of drug-likeness (QED) is 0.735. The van der Waals surface area contributed by atoms with E-state index in [1.807, 2.05) is 23.4 Å². The molecular weight excluding hydrogens is 429 g/mol. The predicted octanol–water partition coefficient (Wildman–Crippen LogP) is 2.27. The normalized spacial score (nSPS) is 18.5. The van der Waals surface area contributed by atoms with Crippen molar-refractivity contribution in [2.75, 3.05) is 26.2 Å². The molecule has 2 aromatic rings. The van der Waals surface area contributed by atoms with Gasteiger partial charge in [-0.15, -0.1) is 0 Å². The van der Waals surface area contributed by atoms with Gasteiger partial charge in [-0.25, -0.2) is 9.59 Å². The monoisotopic (exact) mass is 454 g/mol. The van der Waals surface area contributed by atoms with E-state index in [1.165, 1.54) is 11.3 Å². The Hall–Kier alpha value is -3.15. The van der Waals surface area contributed by atoms with Crippen LogP contribution in [-0.4, -0.2) is 74.0 Å². The zero-order chi connectivity index (χ0) is 23.1. The molecule has 0 spiro atoms. The molecule has 2 N–H and O–H groups in total. The van der Waals surface area contributed by atoms with E-state index in [-0.39, 0.29) is 12.1 Å². The first-order chi connectivity index (χ1) is 15.2. The van der Waals surface area contributed by atoms with Gasteiger partial charge in [0, 0.05) is 57.9 Å². The molecule has 0 radical (unpaired) electrons. The highest BCUT2D eigenvalue weighted by atomic mass is 19.4. The molecule has 4 rings (SSSR count). The molecule has 1 atom stereocenters. The van der Waals surface area contributed by atoms with Crippen LogP contribution < -0.4 is 5.32 Å². The molecule has 174 valence electrons. The molecule has 1 saturated heterocycles. The van der Waals surface area contributed by atoms with Crippen LogP contribution in [0.1, 0.15) is 30.1 Å². The smallest absolute Gasteiger partial charge is 0.475 e. The molecular formula is C20H25F3N6O3. The van der Waals surface area contributed by atoms with Crippen LogP contribution in [0.4, 0.5) is 18.0 Å². The van der Waals surface area contributed by atoms with E-state index in [4.69, 9.17) is 9.90 Å². The lowest BCUT2D eigenvalue weighted by molar-refractivity contribution is -0.192. The van der Waals surface area contributed by atoms with Crippen LogP contribution in [0, 0.1) is 0 Å². The molecule has 0 bridgehead atoms. The van der Waals surface area contributed by atoms with Crippen LogP contribution in [0.2, 0.25) is 0 Å². The van der Waals surface area contributed by atoms with Crippen molar-refractivity contribution in [3.8, 4) is 0 Å². The lowest BCUT2D eigenvalue weighted by atomic mass is 10.1. The number of amides is 2. The van der Waals surface area contributed by atoms with Gasteiger partial charge >= 0.3 is 18.2 Å². The van der Waals surface area contributed by atoms with Crippen LogP contribution in [0.3, 0.4) is 0 Å². The van der Waals surface area contributed by atoms with Crippen molar-refractivity contribution in [2.24, 2.45) is 0 Å². The van der Waals surface area contributed by atoms with E-state index in [1.54, 1.807) is 6.20 Å². The number of fused-ring (bicyclic) bond motifs is 1. The van der Waals surface area contributed by atoms with Gasteiger partial charge in [0.25, 0.3) is 0 Å². The van der Waals surface area contributed by atoms with Crippen molar-refractivity contribution in [3.05, 3.63) is 48.0 Å². The van der Waals surface area contributed by atoms with Crippen LogP contribution in [0.25, 0.3) is 0 Å². The number of aromatic nitrogens is 3. The number of carbonyl (C=O) groups excluding carboxylic acids is 1. The van der Waals surface area contributed by atoms with E-state index < -0.39 is 12.1 Å². The van der Waals surface area contributed by atoms with Crippen molar-refractivity contribution in [1.82, 2.24) is 29.9 Å². The summed E-state index contributed by atoms with van der Waals surface area (Å²) in [5.74, 6) is -2.76. The second-order valence-electron chi connectivity index (χ2n) is 7.63. The van der Waals surface area contributed by atoms with Gasteiger partial charge in [0.15, 0.2) is 0 Å². The molecule has 1 fully saturated rings. The highest BCUT2D eigenvalue weighted by molar-refractivity contribution is 5.74. The van der Waals surface area contributed by atoms with Crippen molar-refractivity contribution in [2.45, 2.75) is 38.1 Å². The Bertz CT molecular complexity index is 899. The number of halogens is 3.